The molecule has 0 nitrogen and oxygen atoms in total. The first kappa shape index (κ1) is 53.3. The van der Waals surface area contributed by atoms with Crippen molar-refractivity contribution in [3.05, 3.63) is 372 Å². The van der Waals surface area contributed by atoms with E-state index < -0.39 is 10.8 Å². The normalized spacial score (nSPS) is 17.7. The molecule has 87 heavy (non-hydrogen) atoms. The number of fused-ring (bicyclic) bond motifs is 5. The predicted molar refractivity (Wildman–Crippen MR) is 369 cm³/mol. The highest BCUT2D eigenvalue weighted by atomic mass is 14.5. The Morgan fingerprint density at radius 2 is 0.667 bits per heavy atom. The van der Waals surface area contributed by atoms with Gasteiger partial charge in [0.15, 0.2) is 0 Å². The molecule has 0 bridgehead atoms. The zero-order valence-electron chi connectivity index (χ0n) is 49.5. The van der Waals surface area contributed by atoms with E-state index in [2.05, 4.69) is 348 Å². The standard InChI is InChI=1S/C87H66/c1-59-31-19-20-42-65(59)76-54-85-79-56-83(74-51-28-24-46-69(74)63-38-15-7-16-39-63)86(2,82-52-30-29-47-70(82)64-40-17-8-18-41-64)58-81(79)78-53-75(71-48-25-21-43-66(71)60-32-9-4-10-33-60)77(72-49-26-22-44-67(72)61-34-11-5-12-35-61)55-84(78)87(85,3)57-80(76)73-50-27-23-45-68(73)62-36-13-6-14-37-62/h4-57,85H,58H2,1-3H3. The number of allylic oxidation sites excluding steroid dienone is 8. The average molecular weight is 1110 g/mol. The summed E-state index contributed by atoms with van der Waals surface area (Å²) in [4.78, 5) is 0. The molecule has 0 spiro atoms. The van der Waals surface area contributed by atoms with Crippen LogP contribution in [0.1, 0.15) is 59.2 Å². The van der Waals surface area contributed by atoms with E-state index in [0.29, 0.717) is 0 Å². The lowest BCUT2D eigenvalue weighted by atomic mass is 9.53. The Hall–Kier alpha value is -10.4. The Labute approximate surface area is 513 Å². The molecule has 0 aliphatic heterocycles. The molecular weight excluding hydrogens is 1040 g/mol. The first-order valence-corrected chi connectivity index (χ1v) is 30.7. The Kier molecular flexibility index (Phi) is 13.6. The van der Waals surface area contributed by atoms with Crippen molar-refractivity contribution in [2.75, 3.05) is 0 Å². The van der Waals surface area contributed by atoms with Crippen molar-refractivity contribution in [2.45, 2.75) is 38.0 Å². The van der Waals surface area contributed by atoms with Crippen LogP contribution in [-0.2, 0) is 10.8 Å². The Morgan fingerprint density at radius 1 is 0.299 bits per heavy atom. The molecule has 0 heterocycles. The summed E-state index contributed by atoms with van der Waals surface area (Å²) >= 11 is 0. The molecule has 0 fully saturated rings. The molecular formula is C87H66. The van der Waals surface area contributed by atoms with Gasteiger partial charge in [0.05, 0.1) is 0 Å². The summed E-state index contributed by atoms with van der Waals surface area (Å²) in [5.41, 5.74) is 31.4. The number of hydrogen-bond donors (Lipinski definition) is 0. The van der Waals surface area contributed by atoms with Gasteiger partial charge in [0, 0.05) is 16.7 Å². The van der Waals surface area contributed by atoms with Gasteiger partial charge in [-0.3, -0.25) is 0 Å². The Bertz CT molecular complexity index is 4710. The minimum Gasteiger partial charge on any atom is -0.0673 e. The first-order valence-electron chi connectivity index (χ1n) is 30.7. The van der Waals surface area contributed by atoms with Gasteiger partial charge in [-0.15, -0.1) is 0 Å². The fraction of sp³-hybridized carbons (Fsp3) is 0.0805. The average Bonchev–Trinajstić information content (AvgIpc) is 0.729. The molecule has 0 heteroatoms. The number of benzene rings is 12. The summed E-state index contributed by atoms with van der Waals surface area (Å²) in [5.74, 6) is -0.0743. The van der Waals surface area contributed by atoms with Crippen molar-refractivity contribution >= 4 is 22.3 Å². The van der Waals surface area contributed by atoms with Gasteiger partial charge in [0.1, 0.15) is 0 Å². The van der Waals surface area contributed by atoms with E-state index in [1.54, 1.807) is 0 Å². The van der Waals surface area contributed by atoms with Gasteiger partial charge in [-0.1, -0.05) is 329 Å². The van der Waals surface area contributed by atoms with Crippen LogP contribution >= 0.6 is 0 Å². The van der Waals surface area contributed by atoms with Gasteiger partial charge < -0.3 is 0 Å². The topological polar surface area (TPSA) is 0 Å². The maximum Gasteiger partial charge on any atom is 0.0227 e. The Morgan fingerprint density at radius 3 is 1.16 bits per heavy atom. The lowest BCUT2D eigenvalue weighted by Crippen LogP contribution is -2.40. The second kappa shape index (κ2) is 22.2. The number of rotatable bonds is 11. The van der Waals surface area contributed by atoms with Crippen molar-refractivity contribution < 1.29 is 0 Å². The summed E-state index contributed by atoms with van der Waals surface area (Å²) in [7, 11) is 0. The lowest BCUT2D eigenvalue weighted by Gasteiger charge is -2.50. The molecule has 15 rings (SSSR count). The van der Waals surface area contributed by atoms with Gasteiger partial charge in [-0.2, -0.15) is 0 Å². The number of aryl methyl sites for hydroxylation is 1. The molecule has 0 saturated carbocycles. The van der Waals surface area contributed by atoms with Crippen LogP contribution in [0.15, 0.2) is 333 Å². The summed E-state index contributed by atoms with van der Waals surface area (Å²) in [6, 6.07) is 115. The maximum absolute atomic E-state index is 2.71. The van der Waals surface area contributed by atoms with Crippen LogP contribution < -0.4 is 0 Å². The zero-order chi connectivity index (χ0) is 58.5. The molecule has 3 aliphatic carbocycles. The third-order valence-electron chi connectivity index (χ3n) is 19.1. The van der Waals surface area contributed by atoms with E-state index in [9.17, 15) is 0 Å². The van der Waals surface area contributed by atoms with Crippen molar-refractivity contribution in [2.24, 2.45) is 5.92 Å². The molecule has 0 N–H and O–H groups in total. The Balaban J connectivity index is 1.10. The molecule has 3 aliphatic rings. The molecule has 0 radical (unpaired) electrons. The zero-order valence-corrected chi connectivity index (χ0v) is 49.5. The summed E-state index contributed by atoms with van der Waals surface area (Å²) in [6.07, 6.45) is 8.86. The minimum atomic E-state index is -0.566. The lowest BCUT2D eigenvalue weighted by molar-refractivity contribution is 0.472. The third kappa shape index (κ3) is 9.32. The van der Waals surface area contributed by atoms with Crippen molar-refractivity contribution in [3.8, 4) is 77.9 Å². The third-order valence-corrected chi connectivity index (χ3v) is 19.1. The van der Waals surface area contributed by atoms with Crippen LogP contribution in [0.4, 0.5) is 0 Å². The van der Waals surface area contributed by atoms with Crippen LogP contribution in [0.2, 0.25) is 0 Å². The van der Waals surface area contributed by atoms with Crippen molar-refractivity contribution in [1.82, 2.24) is 0 Å². The van der Waals surface area contributed by atoms with E-state index in [1.807, 2.05) is 0 Å². The van der Waals surface area contributed by atoms with Crippen LogP contribution in [0, 0.1) is 12.8 Å². The summed E-state index contributed by atoms with van der Waals surface area (Å²) < 4.78 is 0. The first-order chi connectivity index (χ1) is 42.8. The quantitative estimate of drug-likeness (QED) is 0.121. The largest absolute Gasteiger partial charge is 0.0673 e. The fourth-order valence-electron chi connectivity index (χ4n) is 14.9. The molecule has 0 amide bonds. The summed E-state index contributed by atoms with van der Waals surface area (Å²) in [6.45, 7) is 7.39. The van der Waals surface area contributed by atoms with E-state index in [-0.39, 0.29) is 5.92 Å². The van der Waals surface area contributed by atoms with Gasteiger partial charge >= 0.3 is 0 Å². The molecule has 12 aromatic carbocycles. The van der Waals surface area contributed by atoms with Gasteiger partial charge in [-0.05, 0) is 170 Å². The summed E-state index contributed by atoms with van der Waals surface area (Å²) in [5, 5.41) is 0. The highest BCUT2D eigenvalue weighted by Crippen LogP contribution is 2.63. The van der Waals surface area contributed by atoms with Crippen LogP contribution in [0.5, 0.6) is 0 Å². The molecule has 3 atom stereocenters. The molecule has 3 unspecified atom stereocenters. The van der Waals surface area contributed by atoms with Crippen molar-refractivity contribution in [3.63, 3.8) is 0 Å². The molecule has 414 valence electrons. The second-order valence-electron chi connectivity index (χ2n) is 24.2. The molecule has 0 aromatic heterocycles. The van der Waals surface area contributed by atoms with Crippen LogP contribution in [0.25, 0.3) is 100 Å². The monoisotopic (exact) mass is 1110 g/mol. The van der Waals surface area contributed by atoms with E-state index >= 15 is 0 Å². The predicted octanol–water partition coefficient (Wildman–Crippen LogP) is 22.9. The van der Waals surface area contributed by atoms with E-state index in [1.165, 1.54) is 145 Å². The second-order valence-corrected chi connectivity index (χ2v) is 24.2. The fourth-order valence-corrected chi connectivity index (χ4v) is 14.9. The highest BCUT2D eigenvalue weighted by Gasteiger charge is 2.50. The van der Waals surface area contributed by atoms with Gasteiger partial charge in [0.25, 0.3) is 0 Å². The van der Waals surface area contributed by atoms with Crippen LogP contribution in [0.3, 0.4) is 0 Å². The van der Waals surface area contributed by atoms with E-state index in [0.717, 1.165) is 6.42 Å². The smallest absolute Gasteiger partial charge is 0.0227 e. The SMILES string of the molecule is Cc1ccccc1C1=CC2C3=C(CC(C)(c4ccccc4-c4ccccc4)C(c4ccccc4-c4ccccc4)=C3)c3cc(-c4ccccc4-c4ccccc4)c(-c4ccccc4-c4ccccc4)cc3C2(C)C=C1c1ccccc1-c1ccccc1. The molecule has 0 saturated heterocycles. The van der Waals surface area contributed by atoms with Gasteiger partial charge in [-0.25, -0.2) is 0 Å². The number of hydrogen-bond acceptors (Lipinski definition) is 0. The van der Waals surface area contributed by atoms with E-state index in [4.69, 9.17) is 0 Å². The molecule has 12 aromatic rings. The van der Waals surface area contributed by atoms with Crippen LogP contribution in [-0.4, -0.2) is 0 Å². The highest BCUT2D eigenvalue weighted by molar-refractivity contribution is 6.11. The maximum atomic E-state index is 2.71. The van der Waals surface area contributed by atoms with Gasteiger partial charge in [0.2, 0.25) is 0 Å². The minimum absolute atomic E-state index is 0.0743. The van der Waals surface area contributed by atoms with Crippen molar-refractivity contribution in [1.29, 1.82) is 0 Å².